The molecule has 0 saturated heterocycles. The Kier molecular flexibility index (Phi) is 5.04. The molecule has 1 aliphatic rings. The van der Waals surface area contributed by atoms with Crippen molar-refractivity contribution >= 4 is 17.4 Å². The average molecular weight is 365 g/mol. The molecule has 5 nitrogen and oxygen atoms in total. The summed E-state index contributed by atoms with van der Waals surface area (Å²) in [6.45, 7) is 5.62. The van der Waals surface area contributed by atoms with Gasteiger partial charge in [0.1, 0.15) is 5.75 Å². The summed E-state index contributed by atoms with van der Waals surface area (Å²) in [4.78, 5) is 27.0. The van der Waals surface area contributed by atoms with Gasteiger partial charge in [-0.25, -0.2) is 0 Å². The largest absolute Gasteiger partial charge is 0.503 e. The molecule has 1 N–H and O–H groups in total. The Labute approximate surface area is 158 Å². The highest BCUT2D eigenvalue weighted by Crippen LogP contribution is 2.42. The Morgan fingerprint density at radius 2 is 1.70 bits per heavy atom. The smallest absolute Gasteiger partial charge is 0.294 e. The maximum absolute atomic E-state index is 12.9. The Hall–Kier alpha value is -3.08. The molecule has 0 saturated carbocycles. The van der Waals surface area contributed by atoms with Crippen LogP contribution < -0.4 is 9.64 Å². The van der Waals surface area contributed by atoms with E-state index in [0.29, 0.717) is 11.4 Å². The Bertz CT molecular complexity index is 908. The van der Waals surface area contributed by atoms with Gasteiger partial charge in [-0.2, -0.15) is 0 Å². The number of nitrogens with zero attached hydrogens (tertiary/aromatic N) is 1. The highest BCUT2D eigenvalue weighted by Gasteiger charge is 2.43. The molecule has 0 fully saturated rings. The van der Waals surface area contributed by atoms with Gasteiger partial charge in [-0.1, -0.05) is 25.1 Å². The topological polar surface area (TPSA) is 66.8 Å². The van der Waals surface area contributed by atoms with E-state index in [4.69, 9.17) is 4.74 Å². The predicted octanol–water partition coefficient (Wildman–Crippen LogP) is 4.19. The first kappa shape index (κ1) is 18.7. The number of aliphatic hydroxyl groups excluding tert-OH is 1. The first-order valence-corrected chi connectivity index (χ1v) is 8.89. The molecule has 140 valence electrons. The molecule has 2 aromatic rings. The van der Waals surface area contributed by atoms with E-state index in [-0.39, 0.29) is 17.8 Å². The second kappa shape index (κ2) is 7.27. The number of benzene rings is 2. The van der Waals surface area contributed by atoms with Crippen LogP contribution in [0.3, 0.4) is 0 Å². The fourth-order valence-electron chi connectivity index (χ4n) is 3.54. The lowest BCUT2D eigenvalue weighted by Gasteiger charge is -2.27. The van der Waals surface area contributed by atoms with Gasteiger partial charge in [-0.3, -0.25) is 14.5 Å². The van der Waals surface area contributed by atoms with Crippen molar-refractivity contribution < 1.29 is 19.4 Å². The molecular weight excluding hydrogens is 342 g/mol. The number of Topliss-reactive ketones (excluding diaryl/α,β-unsaturated/α-hetero) is 1. The van der Waals surface area contributed by atoms with Gasteiger partial charge in [0, 0.05) is 12.1 Å². The SMILES string of the molecule is CCC(=O)C1=C(O)C(=O)N(c2cc(C)cc(C)c2)C1c1ccc(OC)cc1. The summed E-state index contributed by atoms with van der Waals surface area (Å²) in [7, 11) is 1.58. The van der Waals surface area contributed by atoms with Crippen LogP contribution in [0, 0.1) is 13.8 Å². The van der Waals surface area contributed by atoms with Gasteiger partial charge in [0.15, 0.2) is 11.5 Å². The minimum Gasteiger partial charge on any atom is -0.503 e. The fraction of sp³-hybridized carbons (Fsp3) is 0.273. The number of aryl methyl sites for hydroxylation is 2. The molecule has 1 atom stereocenters. The summed E-state index contributed by atoms with van der Waals surface area (Å²) in [5.74, 6) is -0.592. The molecule has 0 aromatic heterocycles. The van der Waals surface area contributed by atoms with E-state index >= 15 is 0 Å². The molecule has 3 rings (SSSR count). The van der Waals surface area contributed by atoms with Gasteiger partial charge >= 0.3 is 0 Å². The van der Waals surface area contributed by atoms with E-state index in [9.17, 15) is 14.7 Å². The van der Waals surface area contributed by atoms with Crippen LogP contribution in [0.2, 0.25) is 0 Å². The second-order valence-electron chi connectivity index (χ2n) is 6.74. The summed E-state index contributed by atoms with van der Waals surface area (Å²) in [6.07, 6.45) is 0.208. The predicted molar refractivity (Wildman–Crippen MR) is 104 cm³/mol. The lowest BCUT2D eigenvalue weighted by Crippen LogP contribution is -2.31. The molecule has 1 heterocycles. The van der Waals surface area contributed by atoms with E-state index in [0.717, 1.165) is 16.7 Å². The zero-order valence-corrected chi connectivity index (χ0v) is 15.9. The summed E-state index contributed by atoms with van der Waals surface area (Å²) >= 11 is 0. The summed E-state index contributed by atoms with van der Waals surface area (Å²) in [6, 6.07) is 12.3. The summed E-state index contributed by atoms with van der Waals surface area (Å²) < 4.78 is 5.20. The Morgan fingerprint density at radius 1 is 1.11 bits per heavy atom. The van der Waals surface area contributed by atoms with Crippen molar-refractivity contribution in [2.45, 2.75) is 33.2 Å². The van der Waals surface area contributed by atoms with Crippen molar-refractivity contribution in [2.75, 3.05) is 12.0 Å². The Morgan fingerprint density at radius 3 is 2.22 bits per heavy atom. The van der Waals surface area contributed by atoms with Gasteiger partial charge in [0.05, 0.1) is 18.7 Å². The highest BCUT2D eigenvalue weighted by atomic mass is 16.5. The van der Waals surface area contributed by atoms with E-state index < -0.39 is 17.7 Å². The minimum atomic E-state index is -0.669. The number of carbonyl (C=O) groups is 2. The van der Waals surface area contributed by atoms with Crippen molar-refractivity contribution in [3.63, 3.8) is 0 Å². The lowest BCUT2D eigenvalue weighted by atomic mass is 9.94. The molecule has 0 aliphatic carbocycles. The zero-order chi connectivity index (χ0) is 19.7. The molecule has 5 heteroatoms. The number of hydrogen-bond acceptors (Lipinski definition) is 4. The molecule has 0 radical (unpaired) electrons. The number of carbonyl (C=O) groups excluding carboxylic acids is 2. The van der Waals surface area contributed by atoms with E-state index in [1.54, 1.807) is 26.2 Å². The van der Waals surface area contributed by atoms with Gasteiger partial charge in [-0.05, 0) is 54.8 Å². The van der Waals surface area contributed by atoms with Crippen molar-refractivity contribution in [2.24, 2.45) is 0 Å². The van der Waals surface area contributed by atoms with Crippen LogP contribution in [0.1, 0.15) is 36.1 Å². The van der Waals surface area contributed by atoms with E-state index in [2.05, 4.69) is 0 Å². The molecular formula is C22H23NO4. The molecule has 2 aromatic carbocycles. The number of amides is 1. The maximum Gasteiger partial charge on any atom is 0.294 e. The van der Waals surface area contributed by atoms with Crippen LogP contribution in [-0.2, 0) is 9.59 Å². The quantitative estimate of drug-likeness (QED) is 0.863. The molecule has 1 unspecified atom stereocenters. The van der Waals surface area contributed by atoms with Gasteiger partial charge < -0.3 is 9.84 Å². The molecule has 0 bridgehead atoms. The third-order valence-electron chi connectivity index (χ3n) is 4.75. The van der Waals surface area contributed by atoms with Crippen molar-refractivity contribution in [1.29, 1.82) is 0 Å². The van der Waals surface area contributed by atoms with Gasteiger partial charge in [0.25, 0.3) is 5.91 Å². The number of ketones is 1. The number of ether oxygens (including phenoxy) is 1. The van der Waals surface area contributed by atoms with E-state index in [1.165, 1.54) is 4.90 Å². The molecule has 27 heavy (non-hydrogen) atoms. The molecule has 0 spiro atoms. The van der Waals surface area contributed by atoms with Gasteiger partial charge in [0.2, 0.25) is 0 Å². The fourth-order valence-corrected chi connectivity index (χ4v) is 3.54. The van der Waals surface area contributed by atoms with Crippen molar-refractivity contribution in [3.8, 4) is 5.75 Å². The minimum absolute atomic E-state index is 0.145. The first-order chi connectivity index (χ1) is 12.9. The van der Waals surface area contributed by atoms with Crippen LogP contribution in [-0.4, -0.2) is 23.9 Å². The maximum atomic E-state index is 12.9. The third-order valence-corrected chi connectivity index (χ3v) is 4.75. The first-order valence-electron chi connectivity index (χ1n) is 8.89. The standard InChI is InChI=1S/C22H23NO4/c1-5-18(24)19-20(15-6-8-17(27-4)9-7-15)23(22(26)21(19)25)16-11-13(2)10-14(3)12-16/h6-12,20,25H,5H2,1-4H3. The number of rotatable bonds is 5. The molecule has 1 amide bonds. The zero-order valence-electron chi connectivity index (χ0n) is 15.9. The third kappa shape index (κ3) is 3.33. The molecule has 1 aliphatic heterocycles. The van der Waals surface area contributed by atoms with Crippen LogP contribution >= 0.6 is 0 Å². The lowest BCUT2D eigenvalue weighted by molar-refractivity contribution is -0.118. The number of hydrogen-bond donors (Lipinski definition) is 1. The van der Waals surface area contributed by atoms with Crippen LogP contribution in [0.15, 0.2) is 53.8 Å². The van der Waals surface area contributed by atoms with E-state index in [1.807, 2.05) is 44.2 Å². The van der Waals surface area contributed by atoms with Crippen molar-refractivity contribution in [3.05, 3.63) is 70.5 Å². The van der Waals surface area contributed by atoms with Crippen molar-refractivity contribution in [1.82, 2.24) is 0 Å². The van der Waals surface area contributed by atoms with Crippen LogP contribution in [0.5, 0.6) is 5.75 Å². The summed E-state index contributed by atoms with van der Waals surface area (Å²) in [5.41, 5.74) is 3.54. The van der Waals surface area contributed by atoms with Crippen LogP contribution in [0.4, 0.5) is 5.69 Å². The average Bonchev–Trinajstić information content (AvgIpc) is 2.91. The number of aliphatic hydroxyl groups is 1. The normalized spacial score (nSPS) is 16.8. The number of anilines is 1. The number of methoxy groups -OCH3 is 1. The second-order valence-corrected chi connectivity index (χ2v) is 6.74. The Balaban J connectivity index is 2.18. The van der Waals surface area contributed by atoms with Gasteiger partial charge in [-0.15, -0.1) is 0 Å². The van der Waals surface area contributed by atoms with Crippen LogP contribution in [0.25, 0.3) is 0 Å². The monoisotopic (exact) mass is 365 g/mol. The summed E-state index contributed by atoms with van der Waals surface area (Å²) in [5, 5.41) is 10.5. The highest BCUT2D eigenvalue weighted by molar-refractivity contribution is 6.16.